The van der Waals surface area contributed by atoms with Gasteiger partial charge in [-0.15, -0.1) is 0 Å². The summed E-state index contributed by atoms with van der Waals surface area (Å²) in [6.45, 7) is 1.76. The van der Waals surface area contributed by atoms with Crippen molar-refractivity contribution in [2.24, 2.45) is 11.8 Å². The summed E-state index contributed by atoms with van der Waals surface area (Å²) in [7, 11) is 0. The molecule has 2 aliphatic rings. The van der Waals surface area contributed by atoms with E-state index in [2.05, 4.69) is 6.26 Å². The number of likely N-dealkylation sites (tertiary alicyclic amines) is 1. The van der Waals surface area contributed by atoms with Gasteiger partial charge in [0.25, 0.3) is 0 Å². The summed E-state index contributed by atoms with van der Waals surface area (Å²) >= 11 is 1.86. The summed E-state index contributed by atoms with van der Waals surface area (Å²) in [6, 6.07) is 0. The molecular weight excluding hydrogens is 274 g/mol. The SMILES string of the molecule is CSC1CCCCN(C(=O)C2CCC(C(=O)O)CC2)C1. The predicted octanol–water partition coefficient (Wildman–Crippen LogP) is 2.62. The van der Waals surface area contributed by atoms with Crippen LogP contribution in [0, 0.1) is 11.8 Å². The number of carboxylic acid groups (broad SMARTS) is 1. The Hall–Kier alpha value is -0.710. The average molecular weight is 299 g/mol. The van der Waals surface area contributed by atoms with Crippen LogP contribution in [-0.2, 0) is 9.59 Å². The van der Waals surface area contributed by atoms with Crippen LogP contribution in [-0.4, -0.2) is 46.5 Å². The van der Waals surface area contributed by atoms with Gasteiger partial charge in [0.15, 0.2) is 0 Å². The number of amides is 1. The molecule has 0 spiro atoms. The second kappa shape index (κ2) is 7.34. The number of hydrogen-bond acceptors (Lipinski definition) is 3. The normalized spacial score (nSPS) is 31.6. The molecule has 1 aliphatic carbocycles. The molecule has 4 nitrogen and oxygen atoms in total. The third-order valence-corrected chi connectivity index (χ3v) is 5.75. The van der Waals surface area contributed by atoms with Gasteiger partial charge in [-0.3, -0.25) is 9.59 Å². The van der Waals surface area contributed by atoms with Crippen molar-refractivity contribution in [2.45, 2.75) is 50.2 Å². The molecule has 0 radical (unpaired) electrons. The van der Waals surface area contributed by atoms with Crippen molar-refractivity contribution in [2.75, 3.05) is 19.3 Å². The highest BCUT2D eigenvalue weighted by Gasteiger charge is 2.33. The van der Waals surface area contributed by atoms with E-state index in [0.717, 1.165) is 32.4 Å². The lowest BCUT2D eigenvalue weighted by Crippen LogP contribution is -2.41. The van der Waals surface area contributed by atoms with Crippen molar-refractivity contribution in [3.63, 3.8) is 0 Å². The van der Waals surface area contributed by atoms with Crippen molar-refractivity contribution in [3.8, 4) is 0 Å². The summed E-state index contributed by atoms with van der Waals surface area (Å²) in [4.78, 5) is 25.6. The van der Waals surface area contributed by atoms with E-state index in [1.54, 1.807) is 0 Å². The number of rotatable bonds is 3. The number of carboxylic acids is 1. The van der Waals surface area contributed by atoms with Gasteiger partial charge in [-0.25, -0.2) is 0 Å². The van der Waals surface area contributed by atoms with Gasteiger partial charge in [0.05, 0.1) is 5.92 Å². The van der Waals surface area contributed by atoms with E-state index in [-0.39, 0.29) is 17.7 Å². The zero-order valence-corrected chi connectivity index (χ0v) is 13.0. The Kier molecular flexibility index (Phi) is 5.75. The van der Waals surface area contributed by atoms with Crippen molar-refractivity contribution >= 4 is 23.6 Å². The van der Waals surface area contributed by atoms with Gasteiger partial charge in [0, 0.05) is 24.3 Å². The molecule has 20 heavy (non-hydrogen) atoms. The number of aliphatic carboxylic acids is 1. The lowest BCUT2D eigenvalue weighted by molar-refractivity contribution is -0.145. The standard InChI is InChI=1S/C15H25NO3S/c1-20-13-4-2-3-9-16(10-13)14(17)11-5-7-12(8-6-11)15(18)19/h11-13H,2-10H2,1H3,(H,18,19). The van der Waals surface area contributed by atoms with Gasteiger partial charge >= 0.3 is 5.97 Å². The Morgan fingerprint density at radius 3 is 2.30 bits per heavy atom. The maximum absolute atomic E-state index is 12.6. The maximum Gasteiger partial charge on any atom is 0.306 e. The number of hydrogen-bond donors (Lipinski definition) is 1. The highest BCUT2D eigenvalue weighted by molar-refractivity contribution is 7.99. The molecule has 1 atom stereocenters. The molecule has 0 aromatic carbocycles. The summed E-state index contributed by atoms with van der Waals surface area (Å²) in [6.07, 6.45) is 8.45. The molecule has 0 aromatic rings. The van der Waals surface area contributed by atoms with E-state index in [1.165, 1.54) is 12.8 Å². The van der Waals surface area contributed by atoms with Crippen molar-refractivity contribution in [3.05, 3.63) is 0 Å². The molecule has 1 saturated heterocycles. The molecule has 5 heteroatoms. The quantitative estimate of drug-likeness (QED) is 0.870. The van der Waals surface area contributed by atoms with Gasteiger partial charge in [-0.05, 0) is 44.8 Å². The van der Waals surface area contributed by atoms with E-state index >= 15 is 0 Å². The fraction of sp³-hybridized carbons (Fsp3) is 0.867. The van der Waals surface area contributed by atoms with Gasteiger partial charge in [0.2, 0.25) is 5.91 Å². The third-order valence-electron chi connectivity index (χ3n) is 4.70. The van der Waals surface area contributed by atoms with Crippen LogP contribution in [0.25, 0.3) is 0 Å². The molecule has 2 rings (SSSR count). The van der Waals surface area contributed by atoms with Crippen LogP contribution < -0.4 is 0 Å². The van der Waals surface area contributed by atoms with Crippen LogP contribution in [0.2, 0.25) is 0 Å². The summed E-state index contributed by atoms with van der Waals surface area (Å²) in [5.74, 6) is -0.601. The van der Waals surface area contributed by atoms with Gasteiger partial charge in [0.1, 0.15) is 0 Å². The first kappa shape index (κ1) is 15.7. The largest absolute Gasteiger partial charge is 0.481 e. The third kappa shape index (κ3) is 3.90. The van der Waals surface area contributed by atoms with Crippen LogP contribution in [0.4, 0.5) is 0 Å². The van der Waals surface area contributed by atoms with Gasteiger partial charge < -0.3 is 10.0 Å². The molecule has 1 heterocycles. The molecule has 1 amide bonds. The fourth-order valence-electron chi connectivity index (χ4n) is 3.34. The first-order valence-electron chi connectivity index (χ1n) is 7.66. The predicted molar refractivity (Wildman–Crippen MR) is 80.8 cm³/mol. The molecule has 114 valence electrons. The molecule has 0 bridgehead atoms. The van der Waals surface area contributed by atoms with E-state index < -0.39 is 5.97 Å². The zero-order chi connectivity index (χ0) is 14.5. The molecule has 1 N–H and O–H groups in total. The Morgan fingerprint density at radius 2 is 1.70 bits per heavy atom. The van der Waals surface area contributed by atoms with Crippen molar-refractivity contribution < 1.29 is 14.7 Å². The first-order chi connectivity index (χ1) is 9.61. The highest BCUT2D eigenvalue weighted by Crippen LogP contribution is 2.31. The van der Waals surface area contributed by atoms with Crippen LogP contribution in [0.1, 0.15) is 44.9 Å². The first-order valence-corrected chi connectivity index (χ1v) is 8.95. The van der Waals surface area contributed by atoms with Crippen molar-refractivity contribution in [1.82, 2.24) is 4.90 Å². The molecule has 1 aliphatic heterocycles. The van der Waals surface area contributed by atoms with E-state index in [1.807, 2.05) is 16.7 Å². The molecule has 1 saturated carbocycles. The van der Waals surface area contributed by atoms with Crippen LogP contribution in [0.15, 0.2) is 0 Å². The number of carbonyl (C=O) groups excluding carboxylic acids is 1. The Balaban J connectivity index is 1.89. The van der Waals surface area contributed by atoms with E-state index in [9.17, 15) is 9.59 Å². The average Bonchev–Trinajstić information content (AvgIpc) is 2.72. The minimum Gasteiger partial charge on any atom is -0.481 e. The number of carbonyl (C=O) groups is 2. The molecule has 0 aromatic heterocycles. The lowest BCUT2D eigenvalue weighted by Gasteiger charge is -2.31. The van der Waals surface area contributed by atoms with E-state index in [4.69, 9.17) is 5.11 Å². The molecule has 2 fully saturated rings. The smallest absolute Gasteiger partial charge is 0.306 e. The van der Waals surface area contributed by atoms with Crippen LogP contribution in [0.3, 0.4) is 0 Å². The monoisotopic (exact) mass is 299 g/mol. The Bertz CT molecular complexity index is 353. The lowest BCUT2D eigenvalue weighted by atomic mass is 9.81. The highest BCUT2D eigenvalue weighted by atomic mass is 32.2. The second-order valence-electron chi connectivity index (χ2n) is 6.02. The maximum atomic E-state index is 12.6. The molecular formula is C15H25NO3S. The Morgan fingerprint density at radius 1 is 1.05 bits per heavy atom. The number of nitrogens with zero attached hydrogens (tertiary/aromatic N) is 1. The minimum absolute atomic E-state index is 0.0613. The van der Waals surface area contributed by atoms with Crippen LogP contribution in [0.5, 0.6) is 0 Å². The summed E-state index contributed by atoms with van der Waals surface area (Å²) < 4.78 is 0. The summed E-state index contributed by atoms with van der Waals surface area (Å²) in [5, 5.41) is 9.58. The topological polar surface area (TPSA) is 57.6 Å². The van der Waals surface area contributed by atoms with E-state index in [0.29, 0.717) is 18.1 Å². The summed E-state index contributed by atoms with van der Waals surface area (Å²) in [5.41, 5.74) is 0. The second-order valence-corrected chi connectivity index (χ2v) is 7.16. The molecule has 1 unspecified atom stereocenters. The van der Waals surface area contributed by atoms with Crippen LogP contribution >= 0.6 is 11.8 Å². The van der Waals surface area contributed by atoms with Crippen molar-refractivity contribution in [1.29, 1.82) is 0 Å². The van der Waals surface area contributed by atoms with Gasteiger partial charge in [-0.2, -0.15) is 11.8 Å². The number of thioether (sulfide) groups is 1. The fourth-order valence-corrected chi connectivity index (χ4v) is 4.07. The van der Waals surface area contributed by atoms with Gasteiger partial charge in [-0.1, -0.05) is 6.42 Å². The Labute approximate surface area is 125 Å². The zero-order valence-electron chi connectivity index (χ0n) is 12.2. The minimum atomic E-state index is -0.701.